The Kier molecular flexibility index (Phi) is 5.24. The van der Waals surface area contributed by atoms with Crippen molar-refractivity contribution in [2.75, 3.05) is 0 Å². The van der Waals surface area contributed by atoms with E-state index >= 15 is 0 Å². The minimum atomic E-state index is -2.35. The van der Waals surface area contributed by atoms with Crippen LogP contribution in [0.1, 0.15) is 95.1 Å². The zero-order valence-corrected chi connectivity index (χ0v) is 25.2. The van der Waals surface area contributed by atoms with Gasteiger partial charge in [0.25, 0.3) is 0 Å². The van der Waals surface area contributed by atoms with Crippen molar-refractivity contribution in [1.29, 1.82) is 0 Å². The van der Waals surface area contributed by atoms with E-state index in [9.17, 15) is 0 Å². The van der Waals surface area contributed by atoms with Crippen molar-refractivity contribution in [1.82, 2.24) is 14.5 Å². The largest absolute Gasteiger partial charge is 0.437 e. The molecule has 41 heavy (non-hydrogen) atoms. The van der Waals surface area contributed by atoms with Gasteiger partial charge in [0.05, 0.1) is 22.3 Å². The molecular weight excluding hydrogens is 502 g/mol. The highest BCUT2D eigenvalue weighted by atomic mass is 16.3. The molecule has 0 saturated heterocycles. The molecule has 0 bridgehead atoms. The van der Waals surface area contributed by atoms with Gasteiger partial charge in [-0.3, -0.25) is 4.57 Å². The third-order valence-corrected chi connectivity index (χ3v) is 7.66. The van der Waals surface area contributed by atoms with Crippen molar-refractivity contribution in [2.24, 2.45) is 5.41 Å². The number of para-hydroxylation sites is 2. The van der Waals surface area contributed by atoms with Crippen LogP contribution < -0.4 is 0 Å². The lowest BCUT2D eigenvalue weighted by atomic mass is 9.83. The standard InChI is InChI=1S/C37H41N3O/c1-21(2)28-18-25(20-37(7,8)9)19-29(22(3)4)33(28)40-31-13-11-10-12-30(31)39-35(40)32-23(5)14-16-26-27-17-15-24(6)38-36(27)41-34(26)32/h10-19,21-22H,20H2,1-9H3/i6D3,20D2. The Morgan fingerprint density at radius 3 is 2.24 bits per heavy atom. The van der Waals surface area contributed by atoms with E-state index in [4.69, 9.17) is 16.3 Å². The normalized spacial score (nSPS) is 15.0. The Hall–Kier alpha value is -3.92. The summed E-state index contributed by atoms with van der Waals surface area (Å²) in [6.45, 7) is 14.1. The molecule has 0 fully saturated rings. The minimum Gasteiger partial charge on any atom is -0.437 e. The molecule has 0 unspecified atom stereocenters. The van der Waals surface area contributed by atoms with Gasteiger partial charge in [0, 0.05) is 23.3 Å². The van der Waals surface area contributed by atoms with E-state index < -0.39 is 18.6 Å². The maximum atomic E-state index is 9.17. The molecule has 0 N–H and O–H groups in total. The number of imidazole rings is 1. The number of rotatable bonds is 5. The predicted octanol–water partition coefficient (Wildman–Crippen LogP) is 10.4. The van der Waals surface area contributed by atoms with Gasteiger partial charge in [-0.05, 0) is 83.9 Å². The SMILES string of the molecule is [2H]C([2H])([2H])c1ccc2c(n1)oc1c(-c3nc4ccccc4n3-c3c(C(C)C)cc(C([2H])([2H])C(C)(C)C)cc3C(C)C)c(C)ccc12. The van der Waals surface area contributed by atoms with Crippen LogP contribution in [0.3, 0.4) is 0 Å². The van der Waals surface area contributed by atoms with Crippen molar-refractivity contribution in [3.63, 3.8) is 0 Å². The zero-order chi connectivity index (χ0) is 33.5. The van der Waals surface area contributed by atoms with Crippen LogP contribution in [0, 0.1) is 19.2 Å². The molecule has 4 nitrogen and oxygen atoms in total. The van der Waals surface area contributed by atoms with E-state index in [0.717, 1.165) is 49.7 Å². The molecule has 4 heteroatoms. The fraction of sp³-hybridized carbons (Fsp3) is 0.351. The Labute approximate surface area is 250 Å². The molecule has 0 aliphatic carbocycles. The van der Waals surface area contributed by atoms with E-state index in [1.807, 2.05) is 70.2 Å². The second-order valence-corrected chi connectivity index (χ2v) is 12.7. The number of benzene rings is 3. The first-order chi connectivity index (χ1) is 21.4. The Bertz CT molecular complexity index is 2100. The molecule has 3 aromatic carbocycles. The highest BCUT2D eigenvalue weighted by Crippen LogP contribution is 2.42. The summed E-state index contributed by atoms with van der Waals surface area (Å²) in [6.07, 6.45) is -1.56. The van der Waals surface area contributed by atoms with Crippen LogP contribution in [0.4, 0.5) is 0 Å². The average Bonchev–Trinajstić information content (AvgIpc) is 3.53. The molecule has 0 atom stereocenters. The molecule has 0 spiro atoms. The first-order valence-corrected chi connectivity index (χ1v) is 14.4. The van der Waals surface area contributed by atoms with Crippen LogP contribution in [0.15, 0.2) is 65.1 Å². The number of aromatic nitrogens is 3. The molecule has 3 heterocycles. The molecule has 0 aliphatic heterocycles. The predicted molar refractivity (Wildman–Crippen MR) is 172 cm³/mol. The van der Waals surface area contributed by atoms with Gasteiger partial charge in [-0.25, -0.2) is 9.97 Å². The van der Waals surface area contributed by atoms with E-state index in [1.165, 1.54) is 0 Å². The lowest BCUT2D eigenvalue weighted by molar-refractivity contribution is 0.411. The number of fused-ring (bicyclic) bond motifs is 4. The third kappa shape index (κ3) is 4.73. The van der Waals surface area contributed by atoms with Gasteiger partial charge in [0.2, 0.25) is 5.71 Å². The average molecular weight is 549 g/mol. The fourth-order valence-corrected chi connectivity index (χ4v) is 5.84. The topological polar surface area (TPSA) is 43.9 Å². The van der Waals surface area contributed by atoms with Crippen LogP contribution >= 0.6 is 0 Å². The molecule has 6 rings (SSSR count). The Morgan fingerprint density at radius 1 is 0.902 bits per heavy atom. The summed E-state index contributed by atoms with van der Waals surface area (Å²) in [5.41, 5.74) is 7.53. The zero-order valence-electron chi connectivity index (χ0n) is 30.2. The van der Waals surface area contributed by atoms with Crippen molar-refractivity contribution in [3.05, 3.63) is 88.6 Å². The summed E-state index contributed by atoms with van der Waals surface area (Å²) < 4.78 is 50.6. The summed E-state index contributed by atoms with van der Waals surface area (Å²) in [7, 11) is 0. The quantitative estimate of drug-likeness (QED) is 0.215. The monoisotopic (exact) mass is 548 g/mol. The van der Waals surface area contributed by atoms with E-state index in [-0.39, 0.29) is 23.2 Å². The van der Waals surface area contributed by atoms with E-state index in [2.05, 4.69) is 43.3 Å². The molecule has 0 radical (unpaired) electrons. The second-order valence-electron chi connectivity index (χ2n) is 12.7. The van der Waals surface area contributed by atoms with Crippen LogP contribution in [0.5, 0.6) is 0 Å². The van der Waals surface area contributed by atoms with Crippen molar-refractivity contribution in [2.45, 2.75) is 80.5 Å². The van der Waals surface area contributed by atoms with Crippen LogP contribution in [0.25, 0.3) is 50.2 Å². The number of nitrogens with zero attached hydrogens (tertiary/aromatic N) is 3. The summed E-state index contributed by atoms with van der Waals surface area (Å²) >= 11 is 0. The fourth-order valence-electron chi connectivity index (χ4n) is 5.84. The minimum absolute atomic E-state index is 0.0112. The Balaban J connectivity index is 1.74. The number of hydrogen-bond donors (Lipinski definition) is 0. The van der Waals surface area contributed by atoms with Gasteiger partial charge < -0.3 is 4.42 Å². The van der Waals surface area contributed by atoms with Crippen LogP contribution in [-0.2, 0) is 6.37 Å². The maximum Gasteiger partial charge on any atom is 0.227 e. The number of aryl methyl sites for hydroxylation is 2. The van der Waals surface area contributed by atoms with Crippen molar-refractivity contribution >= 4 is 33.1 Å². The summed E-state index contributed by atoms with van der Waals surface area (Å²) in [5.74, 6) is 0.875. The summed E-state index contributed by atoms with van der Waals surface area (Å²) in [6, 6.07) is 19.5. The highest BCUT2D eigenvalue weighted by molar-refractivity contribution is 6.09. The summed E-state index contributed by atoms with van der Waals surface area (Å²) in [4.78, 5) is 9.63. The van der Waals surface area contributed by atoms with Gasteiger partial charge in [0.15, 0.2) is 0 Å². The number of pyridine rings is 1. The second kappa shape index (κ2) is 9.87. The van der Waals surface area contributed by atoms with Gasteiger partial charge >= 0.3 is 0 Å². The molecule has 210 valence electrons. The smallest absolute Gasteiger partial charge is 0.227 e. The Morgan fingerprint density at radius 2 is 1.59 bits per heavy atom. The first-order valence-electron chi connectivity index (χ1n) is 16.9. The third-order valence-electron chi connectivity index (χ3n) is 7.66. The molecule has 6 aromatic rings. The van der Waals surface area contributed by atoms with E-state index in [1.54, 1.807) is 12.1 Å². The maximum absolute atomic E-state index is 9.17. The van der Waals surface area contributed by atoms with Crippen LogP contribution in [-0.4, -0.2) is 14.5 Å². The number of hydrogen-bond acceptors (Lipinski definition) is 3. The first kappa shape index (κ1) is 21.8. The molecule has 0 saturated carbocycles. The highest BCUT2D eigenvalue weighted by Gasteiger charge is 2.27. The number of furan rings is 1. The molecule has 0 aliphatic rings. The lowest BCUT2D eigenvalue weighted by Crippen LogP contribution is -2.14. The van der Waals surface area contributed by atoms with Gasteiger partial charge in [0.1, 0.15) is 11.4 Å². The van der Waals surface area contributed by atoms with Crippen LogP contribution in [0.2, 0.25) is 0 Å². The molecule has 0 amide bonds. The molecular formula is C37H41N3O. The molecule has 3 aromatic heterocycles. The lowest BCUT2D eigenvalue weighted by Gasteiger charge is -2.26. The van der Waals surface area contributed by atoms with Crippen molar-refractivity contribution in [3.8, 4) is 17.1 Å². The van der Waals surface area contributed by atoms with Crippen molar-refractivity contribution < 1.29 is 11.3 Å². The van der Waals surface area contributed by atoms with Gasteiger partial charge in [-0.2, -0.15) is 0 Å². The van der Waals surface area contributed by atoms with Gasteiger partial charge in [-0.1, -0.05) is 84.9 Å². The summed E-state index contributed by atoms with van der Waals surface area (Å²) in [5, 5.41) is 1.58. The van der Waals surface area contributed by atoms with Gasteiger partial charge in [-0.15, -0.1) is 0 Å². The van der Waals surface area contributed by atoms with E-state index in [0.29, 0.717) is 17.0 Å².